The Morgan fingerprint density at radius 1 is 1.20 bits per heavy atom. The van der Waals surface area contributed by atoms with Gasteiger partial charge < -0.3 is 24.8 Å². The van der Waals surface area contributed by atoms with Crippen LogP contribution in [0.15, 0.2) is 18.2 Å². The van der Waals surface area contributed by atoms with Gasteiger partial charge in [-0.3, -0.25) is 14.4 Å². The summed E-state index contributed by atoms with van der Waals surface area (Å²) in [7, 11) is 0. The van der Waals surface area contributed by atoms with Gasteiger partial charge in [-0.05, 0) is 76.5 Å². The van der Waals surface area contributed by atoms with E-state index in [1.54, 1.807) is 11.8 Å². The first kappa shape index (κ1) is 25.6. The van der Waals surface area contributed by atoms with E-state index in [-0.39, 0.29) is 25.0 Å². The molecule has 2 amide bonds. The van der Waals surface area contributed by atoms with Crippen LogP contribution < -0.4 is 5.32 Å². The van der Waals surface area contributed by atoms with Crippen molar-refractivity contribution in [3.8, 4) is 0 Å². The minimum absolute atomic E-state index is 0.0874. The number of carbonyl (C=O) groups is 3. The lowest BCUT2D eigenvalue weighted by Crippen LogP contribution is -2.53. The number of aryl methyl sites for hydroxylation is 2. The number of amides is 2. The van der Waals surface area contributed by atoms with Crippen molar-refractivity contribution in [2.24, 2.45) is 11.8 Å². The minimum atomic E-state index is -1.05. The molecule has 3 saturated heterocycles. The molecule has 2 N–H and O–H groups in total. The molecular weight excluding hydrogens is 448 g/mol. The average molecular weight is 487 g/mol. The number of esters is 1. The highest BCUT2D eigenvalue weighted by Gasteiger charge is 2.78. The van der Waals surface area contributed by atoms with E-state index in [1.165, 1.54) is 0 Å². The van der Waals surface area contributed by atoms with Gasteiger partial charge in [0.1, 0.15) is 17.6 Å². The molecule has 4 rings (SSSR count). The Morgan fingerprint density at radius 2 is 1.97 bits per heavy atom. The molecule has 8 nitrogen and oxygen atoms in total. The molecule has 192 valence electrons. The molecule has 3 aliphatic heterocycles. The lowest BCUT2D eigenvalue weighted by molar-refractivity contribution is -0.160. The average Bonchev–Trinajstić information content (AvgIpc) is 3.43. The van der Waals surface area contributed by atoms with Gasteiger partial charge >= 0.3 is 5.97 Å². The molecule has 2 bridgehead atoms. The van der Waals surface area contributed by atoms with Crippen molar-refractivity contribution in [1.82, 2.24) is 4.90 Å². The van der Waals surface area contributed by atoms with Crippen LogP contribution in [0.5, 0.6) is 0 Å². The maximum atomic E-state index is 13.9. The van der Waals surface area contributed by atoms with E-state index in [1.807, 2.05) is 39.0 Å². The summed E-state index contributed by atoms with van der Waals surface area (Å²) in [6.45, 7) is 8.31. The van der Waals surface area contributed by atoms with Crippen molar-refractivity contribution in [2.75, 3.05) is 25.1 Å². The SMILES string of the molecule is CCOC(=O)[C@H]1[C@H]2C(=O)N(CCCCCO)C(C(=O)Nc3cc(C)ccc3C)C23CC[C@]1(CC)O3. The van der Waals surface area contributed by atoms with Crippen molar-refractivity contribution < 1.29 is 29.0 Å². The highest BCUT2D eigenvalue weighted by molar-refractivity contribution is 6.03. The highest BCUT2D eigenvalue weighted by Crippen LogP contribution is 2.64. The Hall–Kier alpha value is -2.45. The first-order chi connectivity index (χ1) is 16.7. The van der Waals surface area contributed by atoms with E-state index in [4.69, 9.17) is 14.6 Å². The van der Waals surface area contributed by atoms with Gasteiger partial charge in [0.2, 0.25) is 11.8 Å². The first-order valence-electron chi connectivity index (χ1n) is 12.9. The molecule has 0 aliphatic carbocycles. The Balaban J connectivity index is 1.72. The van der Waals surface area contributed by atoms with E-state index < -0.39 is 35.0 Å². The van der Waals surface area contributed by atoms with Crippen LogP contribution in [0.1, 0.15) is 63.5 Å². The van der Waals surface area contributed by atoms with E-state index in [9.17, 15) is 14.4 Å². The number of aliphatic hydroxyl groups is 1. The van der Waals surface area contributed by atoms with Crippen LogP contribution in [0.2, 0.25) is 0 Å². The number of hydrogen-bond donors (Lipinski definition) is 2. The number of ether oxygens (including phenoxy) is 2. The predicted molar refractivity (Wildman–Crippen MR) is 131 cm³/mol. The number of nitrogens with one attached hydrogen (secondary N) is 1. The Labute approximate surface area is 207 Å². The van der Waals surface area contributed by atoms with Gasteiger partial charge in [0.05, 0.1) is 18.1 Å². The summed E-state index contributed by atoms with van der Waals surface area (Å²) in [5, 5.41) is 12.2. The summed E-state index contributed by atoms with van der Waals surface area (Å²) in [6, 6.07) is 5.04. The zero-order valence-corrected chi connectivity index (χ0v) is 21.3. The number of anilines is 1. The summed E-state index contributed by atoms with van der Waals surface area (Å²) < 4.78 is 12.1. The van der Waals surface area contributed by atoms with Gasteiger partial charge in [-0.25, -0.2) is 0 Å². The maximum absolute atomic E-state index is 13.9. The van der Waals surface area contributed by atoms with Gasteiger partial charge in [0.25, 0.3) is 0 Å². The van der Waals surface area contributed by atoms with E-state index in [2.05, 4.69) is 5.32 Å². The largest absolute Gasteiger partial charge is 0.466 e. The Morgan fingerprint density at radius 3 is 2.66 bits per heavy atom. The van der Waals surface area contributed by atoms with Crippen LogP contribution in [-0.4, -0.2) is 64.8 Å². The van der Waals surface area contributed by atoms with Crippen LogP contribution in [0.3, 0.4) is 0 Å². The third-order valence-electron chi connectivity index (χ3n) is 8.18. The number of nitrogens with zero attached hydrogens (tertiary/aromatic N) is 1. The molecule has 1 aromatic rings. The van der Waals surface area contributed by atoms with Crippen LogP contribution in [0.25, 0.3) is 0 Å². The van der Waals surface area contributed by atoms with Gasteiger partial charge in [0, 0.05) is 18.8 Å². The number of aliphatic hydroxyl groups excluding tert-OH is 1. The Kier molecular flexibility index (Phi) is 7.25. The summed E-state index contributed by atoms with van der Waals surface area (Å²) >= 11 is 0. The smallest absolute Gasteiger partial charge is 0.312 e. The molecule has 1 spiro atoms. The maximum Gasteiger partial charge on any atom is 0.312 e. The molecule has 2 unspecified atom stereocenters. The lowest BCUT2D eigenvalue weighted by Gasteiger charge is -2.33. The van der Waals surface area contributed by atoms with E-state index in [0.717, 1.165) is 17.5 Å². The third-order valence-corrected chi connectivity index (χ3v) is 8.18. The molecule has 8 heteroatoms. The van der Waals surface area contributed by atoms with Gasteiger partial charge in [-0.2, -0.15) is 0 Å². The molecular formula is C27H38N2O6. The molecule has 3 heterocycles. The summed E-state index contributed by atoms with van der Waals surface area (Å²) in [4.78, 5) is 42.6. The summed E-state index contributed by atoms with van der Waals surface area (Å²) in [5.74, 6) is -2.35. The van der Waals surface area contributed by atoms with Crippen molar-refractivity contribution in [2.45, 2.75) is 83.5 Å². The monoisotopic (exact) mass is 486 g/mol. The zero-order chi connectivity index (χ0) is 25.4. The normalized spacial score (nSPS) is 31.1. The number of benzene rings is 1. The Bertz CT molecular complexity index is 996. The zero-order valence-electron chi connectivity index (χ0n) is 21.3. The quantitative estimate of drug-likeness (QED) is 0.389. The summed E-state index contributed by atoms with van der Waals surface area (Å²) in [5.41, 5.74) is 0.831. The molecule has 5 atom stereocenters. The van der Waals surface area contributed by atoms with Crippen LogP contribution in [-0.2, 0) is 23.9 Å². The standard InChI is InChI=1S/C27H38N2O6/c1-5-26-12-13-27(35-26)20(21(26)25(33)34-6-2)24(32)29(14-8-7-9-15-30)22(27)23(31)28-19-16-17(3)10-11-18(19)4/h10-11,16,20-22,30H,5-9,12-15H2,1-4H3,(H,28,31)/t20-,21+,22?,26-,27?/m0/s1. The first-order valence-corrected chi connectivity index (χ1v) is 12.9. The van der Waals surface area contributed by atoms with Crippen LogP contribution in [0.4, 0.5) is 5.69 Å². The van der Waals surface area contributed by atoms with Crippen LogP contribution >= 0.6 is 0 Å². The fourth-order valence-electron chi connectivity index (χ4n) is 6.49. The third kappa shape index (κ3) is 4.14. The molecule has 0 aromatic heterocycles. The number of carbonyl (C=O) groups excluding carboxylic acids is 3. The van der Waals surface area contributed by atoms with Crippen molar-refractivity contribution in [1.29, 1.82) is 0 Å². The molecule has 3 fully saturated rings. The number of fused-ring (bicyclic) bond motifs is 1. The fourth-order valence-corrected chi connectivity index (χ4v) is 6.49. The topological polar surface area (TPSA) is 105 Å². The van der Waals surface area contributed by atoms with Crippen molar-refractivity contribution >= 4 is 23.5 Å². The predicted octanol–water partition coefficient (Wildman–Crippen LogP) is 3.12. The second-order valence-corrected chi connectivity index (χ2v) is 10.2. The van der Waals surface area contributed by atoms with Gasteiger partial charge in [-0.15, -0.1) is 0 Å². The number of likely N-dealkylation sites (tertiary alicyclic amines) is 1. The number of hydrogen-bond acceptors (Lipinski definition) is 6. The molecule has 1 aromatic carbocycles. The molecule has 0 radical (unpaired) electrons. The minimum Gasteiger partial charge on any atom is -0.466 e. The van der Waals surface area contributed by atoms with E-state index in [0.29, 0.717) is 44.3 Å². The molecule has 0 saturated carbocycles. The lowest BCUT2D eigenvalue weighted by atomic mass is 9.65. The molecule has 35 heavy (non-hydrogen) atoms. The second-order valence-electron chi connectivity index (χ2n) is 10.2. The van der Waals surface area contributed by atoms with Crippen molar-refractivity contribution in [3.05, 3.63) is 29.3 Å². The van der Waals surface area contributed by atoms with E-state index >= 15 is 0 Å². The fraction of sp³-hybridized carbons (Fsp3) is 0.667. The van der Waals surface area contributed by atoms with Crippen molar-refractivity contribution in [3.63, 3.8) is 0 Å². The second kappa shape index (κ2) is 9.90. The summed E-state index contributed by atoms with van der Waals surface area (Å²) in [6.07, 6.45) is 3.77. The van der Waals surface area contributed by atoms with Gasteiger partial charge in [-0.1, -0.05) is 19.1 Å². The van der Waals surface area contributed by atoms with Gasteiger partial charge in [0.15, 0.2) is 0 Å². The number of unbranched alkanes of at least 4 members (excludes halogenated alkanes) is 2. The highest BCUT2D eigenvalue weighted by atomic mass is 16.6. The molecule has 3 aliphatic rings. The van der Waals surface area contributed by atoms with Crippen LogP contribution in [0, 0.1) is 25.7 Å². The number of rotatable bonds is 10.